The molecular weight excluding hydrogens is 281 g/mol. The Morgan fingerprint density at radius 1 is 1.23 bits per heavy atom. The number of nitrogens with one attached hydrogen (secondary N) is 1. The van der Waals surface area contributed by atoms with E-state index >= 15 is 0 Å². The summed E-state index contributed by atoms with van der Waals surface area (Å²) in [5.41, 5.74) is 2.06. The predicted octanol–water partition coefficient (Wildman–Crippen LogP) is 3.68. The molecule has 1 N–H and O–H groups in total. The second-order valence-electron chi connectivity index (χ2n) is 5.02. The maximum Gasteiger partial charge on any atom is 0.274 e. The van der Waals surface area contributed by atoms with Crippen LogP contribution in [0.5, 0.6) is 0 Å². The molecule has 0 saturated carbocycles. The summed E-state index contributed by atoms with van der Waals surface area (Å²) in [6.07, 6.45) is 3.36. The SMILES string of the molecule is CCCc1nc2ccccn2c1C(=O)Nc1ccccc1F. The van der Waals surface area contributed by atoms with Gasteiger partial charge in [-0.1, -0.05) is 31.5 Å². The second-order valence-corrected chi connectivity index (χ2v) is 5.02. The average Bonchev–Trinajstić information content (AvgIpc) is 2.88. The van der Waals surface area contributed by atoms with Crippen molar-refractivity contribution in [2.45, 2.75) is 19.8 Å². The lowest BCUT2D eigenvalue weighted by Crippen LogP contribution is -2.17. The van der Waals surface area contributed by atoms with E-state index in [0.29, 0.717) is 17.8 Å². The highest BCUT2D eigenvalue weighted by Crippen LogP contribution is 2.18. The molecule has 3 aromatic rings. The van der Waals surface area contributed by atoms with Crippen LogP contribution in [0.25, 0.3) is 5.65 Å². The maximum atomic E-state index is 13.7. The third-order valence-corrected chi connectivity index (χ3v) is 3.43. The maximum absolute atomic E-state index is 13.7. The summed E-state index contributed by atoms with van der Waals surface area (Å²) in [6.45, 7) is 2.03. The molecule has 0 saturated heterocycles. The Morgan fingerprint density at radius 3 is 2.77 bits per heavy atom. The van der Waals surface area contributed by atoms with Crippen LogP contribution in [0, 0.1) is 5.82 Å². The van der Waals surface area contributed by atoms with E-state index in [1.807, 2.05) is 25.1 Å². The van der Waals surface area contributed by atoms with Crippen molar-refractivity contribution in [2.24, 2.45) is 0 Å². The number of amides is 1. The van der Waals surface area contributed by atoms with Gasteiger partial charge in [0.15, 0.2) is 0 Å². The van der Waals surface area contributed by atoms with Crippen LogP contribution in [-0.4, -0.2) is 15.3 Å². The number of carbonyl (C=O) groups is 1. The van der Waals surface area contributed by atoms with Gasteiger partial charge in [-0.05, 0) is 30.7 Å². The molecule has 22 heavy (non-hydrogen) atoms. The van der Waals surface area contributed by atoms with E-state index in [1.54, 1.807) is 22.7 Å². The number of pyridine rings is 1. The zero-order chi connectivity index (χ0) is 15.5. The quantitative estimate of drug-likeness (QED) is 0.798. The fourth-order valence-corrected chi connectivity index (χ4v) is 2.44. The molecule has 0 aliphatic heterocycles. The number of aromatic nitrogens is 2. The zero-order valence-electron chi connectivity index (χ0n) is 12.2. The number of para-hydroxylation sites is 1. The molecule has 112 valence electrons. The highest BCUT2D eigenvalue weighted by molar-refractivity contribution is 6.04. The Morgan fingerprint density at radius 2 is 2.00 bits per heavy atom. The predicted molar refractivity (Wildman–Crippen MR) is 83.5 cm³/mol. The van der Waals surface area contributed by atoms with Crippen LogP contribution in [0.15, 0.2) is 48.7 Å². The van der Waals surface area contributed by atoms with E-state index in [4.69, 9.17) is 0 Å². The Labute approximate surface area is 127 Å². The summed E-state index contributed by atoms with van der Waals surface area (Å²) < 4.78 is 15.5. The molecule has 1 aromatic carbocycles. The Kier molecular flexibility index (Phi) is 3.87. The van der Waals surface area contributed by atoms with Crippen molar-refractivity contribution in [2.75, 3.05) is 5.32 Å². The third-order valence-electron chi connectivity index (χ3n) is 3.43. The van der Waals surface area contributed by atoms with E-state index < -0.39 is 5.82 Å². The van der Waals surface area contributed by atoms with Gasteiger partial charge in [0.2, 0.25) is 0 Å². The molecule has 2 heterocycles. The fraction of sp³-hybridized carbons (Fsp3) is 0.176. The van der Waals surface area contributed by atoms with Crippen LogP contribution in [0.2, 0.25) is 0 Å². The van der Waals surface area contributed by atoms with Crippen LogP contribution in [0.4, 0.5) is 10.1 Å². The minimum atomic E-state index is -0.457. The number of hydrogen-bond donors (Lipinski definition) is 1. The Bertz CT molecular complexity index is 826. The molecule has 1 amide bonds. The summed E-state index contributed by atoms with van der Waals surface area (Å²) in [7, 11) is 0. The highest BCUT2D eigenvalue weighted by Gasteiger charge is 2.19. The van der Waals surface area contributed by atoms with Crippen molar-refractivity contribution in [3.8, 4) is 0 Å². The first-order chi connectivity index (χ1) is 10.7. The first-order valence-electron chi connectivity index (χ1n) is 7.22. The lowest BCUT2D eigenvalue weighted by molar-refractivity contribution is 0.102. The van der Waals surface area contributed by atoms with Gasteiger partial charge in [-0.2, -0.15) is 0 Å². The summed E-state index contributed by atoms with van der Waals surface area (Å²) in [6, 6.07) is 11.7. The van der Waals surface area contributed by atoms with Crippen LogP contribution in [-0.2, 0) is 6.42 Å². The summed E-state index contributed by atoms with van der Waals surface area (Å²) in [4.78, 5) is 17.1. The number of fused-ring (bicyclic) bond motifs is 1. The molecule has 3 rings (SSSR count). The molecule has 0 fully saturated rings. The van der Waals surface area contributed by atoms with Gasteiger partial charge in [0, 0.05) is 6.20 Å². The van der Waals surface area contributed by atoms with Gasteiger partial charge in [-0.25, -0.2) is 9.37 Å². The Balaban J connectivity index is 2.03. The monoisotopic (exact) mass is 297 g/mol. The molecule has 0 radical (unpaired) electrons. The van der Waals surface area contributed by atoms with E-state index in [1.165, 1.54) is 12.1 Å². The molecule has 0 bridgehead atoms. The molecule has 0 aliphatic rings. The number of aryl methyl sites for hydroxylation is 1. The first-order valence-corrected chi connectivity index (χ1v) is 7.22. The molecule has 0 unspecified atom stereocenters. The molecular formula is C17H16FN3O. The Hall–Kier alpha value is -2.69. The van der Waals surface area contributed by atoms with Crippen molar-refractivity contribution in [1.82, 2.24) is 9.38 Å². The standard InChI is InChI=1S/C17H16FN3O/c1-2-7-14-16(21-11-6-5-10-15(21)19-14)17(22)20-13-9-4-3-8-12(13)18/h3-6,8-11H,2,7H2,1H3,(H,20,22). The lowest BCUT2D eigenvalue weighted by atomic mass is 10.2. The number of hydrogen-bond acceptors (Lipinski definition) is 2. The first kappa shape index (κ1) is 14.3. The van der Waals surface area contributed by atoms with Gasteiger partial charge >= 0.3 is 0 Å². The van der Waals surface area contributed by atoms with Crippen molar-refractivity contribution < 1.29 is 9.18 Å². The van der Waals surface area contributed by atoms with E-state index in [-0.39, 0.29) is 11.6 Å². The number of halogens is 1. The second kappa shape index (κ2) is 5.97. The smallest absolute Gasteiger partial charge is 0.274 e. The van der Waals surface area contributed by atoms with Crippen LogP contribution >= 0.6 is 0 Å². The van der Waals surface area contributed by atoms with Crippen molar-refractivity contribution in [3.05, 3.63) is 65.9 Å². The lowest BCUT2D eigenvalue weighted by Gasteiger charge is -2.07. The van der Waals surface area contributed by atoms with Gasteiger partial charge in [0.1, 0.15) is 17.2 Å². The summed E-state index contributed by atoms with van der Waals surface area (Å²) >= 11 is 0. The van der Waals surface area contributed by atoms with Crippen molar-refractivity contribution in [3.63, 3.8) is 0 Å². The fourth-order valence-electron chi connectivity index (χ4n) is 2.44. The van der Waals surface area contributed by atoms with Crippen LogP contribution in [0.3, 0.4) is 0 Å². The topological polar surface area (TPSA) is 46.4 Å². The number of imidazole rings is 1. The molecule has 0 atom stereocenters. The molecule has 2 aromatic heterocycles. The van der Waals surface area contributed by atoms with Gasteiger partial charge in [0.05, 0.1) is 11.4 Å². The molecule has 4 nitrogen and oxygen atoms in total. The zero-order valence-corrected chi connectivity index (χ0v) is 12.2. The van der Waals surface area contributed by atoms with Gasteiger partial charge in [-0.15, -0.1) is 0 Å². The molecule has 0 spiro atoms. The van der Waals surface area contributed by atoms with Crippen molar-refractivity contribution in [1.29, 1.82) is 0 Å². The van der Waals surface area contributed by atoms with E-state index in [9.17, 15) is 9.18 Å². The largest absolute Gasteiger partial charge is 0.318 e. The van der Waals surface area contributed by atoms with Crippen molar-refractivity contribution >= 4 is 17.2 Å². The van der Waals surface area contributed by atoms with Gasteiger partial charge in [-0.3, -0.25) is 9.20 Å². The number of carbonyl (C=O) groups excluding carboxylic acids is 1. The number of anilines is 1. The summed E-state index contributed by atoms with van der Waals surface area (Å²) in [5.74, 6) is -0.811. The van der Waals surface area contributed by atoms with Crippen LogP contribution in [0.1, 0.15) is 29.5 Å². The van der Waals surface area contributed by atoms with E-state index in [2.05, 4.69) is 10.3 Å². The van der Waals surface area contributed by atoms with Gasteiger partial charge in [0.25, 0.3) is 5.91 Å². The van der Waals surface area contributed by atoms with E-state index in [0.717, 1.165) is 12.1 Å². The third kappa shape index (κ3) is 2.57. The highest BCUT2D eigenvalue weighted by atomic mass is 19.1. The minimum absolute atomic E-state index is 0.167. The average molecular weight is 297 g/mol. The number of rotatable bonds is 4. The number of nitrogens with zero attached hydrogens (tertiary/aromatic N) is 2. The van der Waals surface area contributed by atoms with Crippen LogP contribution < -0.4 is 5.32 Å². The molecule has 5 heteroatoms. The van der Waals surface area contributed by atoms with Gasteiger partial charge < -0.3 is 5.32 Å². The normalized spacial score (nSPS) is 10.8. The molecule has 0 aliphatic carbocycles. The minimum Gasteiger partial charge on any atom is -0.318 e. The number of benzene rings is 1. The summed E-state index contributed by atoms with van der Waals surface area (Å²) in [5, 5.41) is 2.63.